The molecular weight excluding hydrogens is 841 g/mol. The average molecular weight is 851 g/mol. The van der Waals surface area contributed by atoms with E-state index in [-0.39, 0.29) is 25.7 Å². The van der Waals surface area contributed by atoms with Gasteiger partial charge in [-0.15, -0.1) is 0 Å². The SMILES string of the molecule is [H+].[H+].[H+].[H+].[H+].[Se-][SeH].[Se-][SeH].[Se-][SeH].[Se-][SeH].[Se-][SeH].[V]. The Labute approximate surface area is 164 Å². The molecule has 0 aliphatic heterocycles. The molecule has 0 spiro atoms. The molecule has 0 aromatic carbocycles. The molecular formula is H10Se10V. The third-order valence-electron chi connectivity index (χ3n) is 0. The Hall–Kier alpha value is 5.78. The van der Waals surface area contributed by atoms with Crippen molar-refractivity contribution in [1.82, 2.24) is 0 Å². The summed E-state index contributed by atoms with van der Waals surface area (Å²) in [6, 6.07) is 0. The maximum atomic E-state index is 2.56. The average Bonchev–Trinajstić information content (AvgIpc) is 2.20. The first-order valence-electron chi connectivity index (χ1n) is 0.913. The van der Waals surface area contributed by atoms with Crippen LogP contribution in [0, 0.1) is 0 Å². The molecule has 0 saturated carbocycles. The summed E-state index contributed by atoms with van der Waals surface area (Å²) in [6.07, 6.45) is 0. The van der Waals surface area contributed by atoms with Crippen molar-refractivity contribution >= 4 is 142 Å². The summed E-state index contributed by atoms with van der Waals surface area (Å²) in [5, 5.41) is 0. The molecule has 1 radical (unpaired) electrons. The first-order valence-corrected chi connectivity index (χ1v) is 24.6. The van der Waals surface area contributed by atoms with Crippen molar-refractivity contribution in [2.24, 2.45) is 0 Å². The van der Waals surface area contributed by atoms with Crippen LogP contribution in [0.3, 0.4) is 0 Å². The van der Waals surface area contributed by atoms with E-state index in [2.05, 4.69) is 142 Å². The Balaban J connectivity index is -0.00000000198. The summed E-state index contributed by atoms with van der Waals surface area (Å²) in [5.41, 5.74) is 0. The van der Waals surface area contributed by atoms with Gasteiger partial charge in [-0.25, -0.2) is 0 Å². The quantitative estimate of drug-likeness (QED) is 0.216. The van der Waals surface area contributed by atoms with Crippen molar-refractivity contribution in [1.29, 1.82) is 0 Å². The van der Waals surface area contributed by atoms with E-state index in [1.165, 1.54) is 0 Å². The van der Waals surface area contributed by atoms with Gasteiger partial charge in [-0.3, -0.25) is 0 Å². The van der Waals surface area contributed by atoms with Gasteiger partial charge in [0.05, 0.1) is 0 Å². The molecule has 11 heavy (non-hydrogen) atoms. The zero-order valence-electron chi connectivity index (χ0n) is 9.72. The van der Waals surface area contributed by atoms with E-state index >= 15 is 0 Å². The molecule has 0 amide bonds. The zero-order valence-corrected chi connectivity index (χ0v) is 24.1. The molecule has 0 aromatic rings. The maximum absolute atomic E-state index is 2.56. The van der Waals surface area contributed by atoms with Gasteiger partial charge in [-0.1, -0.05) is 0 Å². The molecule has 0 aliphatic rings. The molecule has 0 nitrogen and oxygen atoms in total. The second-order valence-electron chi connectivity index (χ2n) is 0. The van der Waals surface area contributed by atoms with Crippen LogP contribution in [0.4, 0.5) is 0 Å². The van der Waals surface area contributed by atoms with E-state index in [9.17, 15) is 0 Å². The predicted octanol–water partition coefficient (Wildman–Crippen LogP) is -4.59. The van der Waals surface area contributed by atoms with Crippen molar-refractivity contribution in [2.45, 2.75) is 0 Å². The predicted molar refractivity (Wildman–Crippen MR) is 70.1 cm³/mol. The topological polar surface area (TPSA) is 0 Å². The third kappa shape index (κ3) is 89.7. The minimum atomic E-state index is 0. The van der Waals surface area contributed by atoms with Crippen molar-refractivity contribution in [3.63, 3.8) is 0 Å². The molecule has 11 heteroatoms. The molecule has 0 unspecified atom stereocenters. The van der Waals surface area contributed by atoms with Gasteiger partial charge < -0.3 is 0 Å². The van der Waals surface area contributed by atoms with Gasteiger partial charge in [0.15, 0.2) is 0 Å². The Bertz CT molecular complexity index is 19.2. The molecule has 0 fully saturated rings. The van der Waals surface area contributed by atoms with Crippen LogP contribution < -0.4 is 0 Å². The van der Waals surface area contributed by atoms with Crippen LogP contribution in [0.2, 0.25) is 0 Å². The van der Waals surface area contributed by atoms with E-state index in [1.54, 1.807) is 0 Å². The van der Waals surface area contributed by atoms with Gasteiger partial charge in [0.25, 0.3) is 0 Å². The van der Waals surface area contributed by atoms with E-state index in [1.807, 2.05) is 0 Å². The zero-order chi connectivity index (χ0) is 10.0. The summed E-state index contributed by atoms with van der Waals surface area (Å²) < 4.78 is 0. The van der Waals surface area contributed by atoms with Crippen LogP contribution in [0.5, 0.6) is 0 Å². The van der Waals surface area contributed by atoms with E-state index in [0.29, 0.717) is 0 Å². The van der Waals surface area contributed by atoms with Crippen LogP contribution in [0.15, 0.2) is 0 Å². The third-order valence-corrected chi connectivity index (χ3v) is 0. The molecule has 0 saturated heterocycles. The summed E-state index contributed by atoms with van der Waals surface area (Å²) in [5.74, 6) is 0. The number of rotatable bonds is 0. The molecule has 0 aromatic heterocycles. The van der Waals surface area contributed by atoms with Crippen molar-refractivity contribution in [3.8, 4) is 0 Å². The first kappa shape index (κ1) is 36.0. The van der Waals surface area contributed by atoms with Gasteiger partial charge in [0, 0.05) is 18.6 Å². The fraction of sp³-hybridized carbons (Fsp3) is 0. The standard InChI is InChI=1S/5H2Se2.V/c5*1-2;/h5*1-2H;. The van der Waals surface area contributed by atoms with Crippen molar-refractivity contribution in [2.75, 3.05) is 0 Å². The van der Waals surface area contributed by atoms with E-state index < -0.39 is 0 Å². The van der Waals surface area contributed by atoms with E-state index in [4.69, 9.17) is 0 Å². The second-order valence-corrected chi connectivity index (χ2v) is 0. The molecule has 0 N–H and O–H groups in total. The summed E-state index contributed by atoms with van der Waals surface area (Å²) in [4.78, 5) is 0. The van der Waals surface area contributed by atoms with Crippen LogP contribution in [0.1, 0.15) is 7.13 Å². The number of hydrogen-bond donors (Lipinski definition) is 0. The fourth-order valence-electron chi connectivity index (χ4n) is 0. The molecule has 0 aliphatic carbocycles. The summed E-state index contributed by atoms with van der Waals surface area (Å²) in [6.45, 7) is 0. The smallest absolute Gasteiger partial charge is 0 e. The largest absolute Gasteiger partial charge is 0 e. The van der Waals surface area contributed by atoms with Gasteiger partial charge in [0.1, 0.15) is 0 Å². The van der Waals surface area contributed by atoms with Crippen LogP contribution in [0.25, 0.3) is 0 Å². The molecule has 0 atom stereocenters. The monoisotopic (exact) mass is 860 g/mol. The molecule has 0 rings (SSSR count). The first-order chi connectivity index (χ1) is 5.00. The Morgan fingerprint density at radius 3 is 0.455 bits per heavy atom. The fourth-order valence-corrected chi connectivity index (χ4v) is 0. The van der Waals surface area contributed by atoms with Crippen LogP contribution >= 0.6 is 0 Å². The van der Waals surface area contributed by atoms with Gasteiger partial charge in [0.2, 0.25) is 0 Å². The van der Waals surface area contributed by atoms with Crippen LogP contribution in [-0.2, 0) is 18.6 Å². The summed E-state index contributed by atoms with van der Waals surface area (Å²) in [7, 11) is 0. The van der Waals surface area contributed by atoms with Crippen LogP contribution in [-0.4, -0.2) is 142 Å². The molecule has 0 bridgehead atoms. The second kappa shape index (κ2) is 103. The maximum Gasteiger partial charge on any atom is 0 e. The van der Waals surface area contributed by atoms with Gasteiger partial charge >= 0.3 is 149 Å². The Morgan fingerprint density at radius 1 is 0.455 bits per heavy atom. The normalized spacial score (nSPS) is 2.73. The van der Waals surface area contributed by atoms with Gasteiger partial charge in [-0.05, 0) is 0 Å². The van der Waals surface area contributed by atoms with Crippen molar-refractivity contribution < 1.29 is 25.7 Å². The molecule has 75 valence electrons. The van der Waals surface area contributed by atoms with E-state index in [0.717, 1.165) is 0 Å². The minimum Gasteiger partial charge on any atom is 0 e. The molecule has 0 heterocycles. The van der Waals surface area contributed by atoms with Crippen molar-refractivity contribution in [3.05, 3.63) is 0 Å². The summed E-state index contributed by atoms with van der Waals surface area (Å²) >= 11 is 23.8. The Morgan fingerprint density at radius 2 is 0.455 bits per heavy atom. The Kier molecular flexibility index (Phi) is 337. The number of hydrogen-bond acceptors (Lipinski definition) is 0. The minimum absolute atomic E-state index is 0. The van der Waals surface area contributed by atoms with Gasteiger partial charge in [-0.2, -0.15) is 0 Å².